The highest BCUT2D eigenvalue weighted by Gasteiger charge is 2.05. The SMILES string of the molecule is CCCNC(CC)COc1ccc(C)cc1. The molecule has 0 heterocycles. The van der Waals surface area contributed by atoms with Crippen LogP contribution >= 0.6 is 0 Å². The van der Waals surface area contributed by atoms with Crippen molar-refractivity contribution < 1.29 is 4.74 Å². The second-order valence-electron chi connectivity index (χ2n) is 4.18. The van der Waals surface area contributed by atoms with Crippen LogP contribution in [0.5, 0.6) is 5.75 Å². The Hall–Kier alpha value is -1.02. The first kappa shape index (κ1) is 13.0. The zero-order valence-corrected chi connectivity index (χ0v) is 10.6. The van der Waals surface area contributed by atoms with Gasteiger partial charge in [-0.3, -0.25) is 0 Å². The number of nitrogens with one attached hydrogen (secondary N) is 1. The minimum Gasteiger partial charge on any atom is -0.492 e. The first-order valence-corrected chi connectivity index (χ1v) is 6.19. The van der Waals surface area contributed by atoms with Crippen molar-refractivity contribution in [3.63, 3.8) is 0 Å². The van der Waals surface area contributed by atoms with Gasteiger partial charge in [0.25, 0.3) is 0 Å². The van der Waals surface area contributed by atoms with Gasteiger partial charge in [0.05, 0.1) is 0 Å². The summed E-state index contributed by atoms with van der Waals surface area (Å²) in [7, 11) is 0. The molecule has 0 spiro atoms. The van der Waals surface area contributed by atoms with Crippen LogP contribution in [0.15, 0.2) is 24.3 Å². The van der Waals surface area contributed by atoms with Crippen molar-refractivity contribution in [2.24, 2.45) is 0 Å². The van der Waals surface area contributed by atoms with Crippen molar-refractivity contribution in [1.82, 2.24) is 5.32 Å². The van der Waals surface area contributed by atoms with Gasteiger partial charge in [0, 0.05) is 6.04 Å². The van der Waals surface area contributed by atoms with E-state index in [0.717, 1.165) is 25.3 Å². The summed E-state index contributed by atoms with van der Waals surface area (Å²) >= 11 is 0. The average Bonchev–Trinajstić information content (AvgIpc) is 2.32. The Morgan fingerprint density at radius 1 is 1.19 bits per heavy atom. The summed E-state index contributed by atoms with van der Waals surface area (Å²) in [4.78, 5) is 0. The highest BCUT2D eigenvalue weighted by molar-refractivity contribution is 5.26. The van der Waals surface area contributed by atoms with Crippen LogP contribution in [0.25, 0.3) is 0 Å². The molecule has 0 amide bonds. The van der Waals surface area contributed by atoms with Crippen LogP contribution in [0.3, 0.4) is 0 Å². The summed E-state index contributed by atoms with van der Waals surface area (Å²) in [6.07, 6.45) is 2.27. The van der Waals surface area contributed by atoms with Crippen molar-refractivity contribution >= 4 is 0 Å². The van der Waals surface area contributed by atoms with Gasteiger partial charge in [-0.25, -0.2) is 0 Å². The van der Waals surface area contributed by atoms with E-state index in [1.165, 1.54) is 12.0 Å². The molecule has 1 unspecified atom stereocenters. The van der Waals surface area contributed by atoms with E-state index in [2.05, 4.69) is 38.2 Å². The lowest BCUT2D eigenvalue weighted by Crippen LogP contribution is -2.34. The molecule has 90 valence electrons. The highest BCUT2D eigenvalue weighted by atomic mass is 16.5. The normalized spacial score (nSPS) is 12.4. The van der Waals surface area contributed by atoms with Gasteiger partial charge in [0.2, 0.25) is 0 Å². The predicted octanol–water partition coefficient (Wildman–Crippen LogP) is 3.15. The lowest BCUT2D eigenvalue weighted by atomic mass is 10.2. The molecule has 0 aliphatic rings. The van der Waals surface area contributed by atoms with Gasteiger partial charge >= 0.3 is 0 Å². The van der Waals surface area contributed by atoms with Gasteiger partial charge in [0.1, 0.15) is 12.4 Å². The van der Waals surface area contributed by atoms with E-state index in [1.54, 1.807) is 0 Å². The largest absolute Gasteiger partial charge is 0.492 e. The van der Waals surface area contributed by atoms with Crippen molar-refractivity contribution in [1.29, 1.82) is 0 Å². The molecule has 2 nitrogen and oxygen atoms in total. The number of benzene rings is 1. The van der Waals surface area contributed by atoms with Crippen LogP contribution in [0.1, 0.15) is 32.3 Å². The Morgan fingerprint density at radius 2 is 1.88 bits per heavy atom. The second kappa shape index (κ2) is 7.29. The Balaban J connectivity index is 2.34. The monoisotopic (exact) mass is 221 g/mol. The zero-order valence-electron chi connectivity index (χ0n) is 10.6. The third kappa shape index (κ3) is 4.67. The van der Waals surface area contributed by atoms with Gasteiger partial charge in [0.15, 0.2) is 0 Å². The van der Waals surface area contributed by atoms with Gasteiger partial charge in [-0.05, 0) is 38.4 Å². The van der Waals surface area contributed by atoms with Crippen LogP contribution in [-0.2, 0) is 0 Å². The fourth-order valence-corrected chi connectivity index (χ4v) is 1.50. The minimum absolute atomic E-state index is 0.459. The molecule has 0 radical (unpaired) electrons. The summed E-state index contributed by atoms with van der Waals surface area (Å²) in [5, 5.41) is 3.48. The molecule has 0 bridgehead atoms. The third-order valence-corrected chi connectivity index (χ3v) is 2.65. The molecule has 0 aliphatic carbocycles. The third-order valence-electron chi connectivity index (χ3n) is 2.65. The Bertz CT molecular complexity index is 281. The molecule has 0 fully saturated rings. The highest BCUT2D eigenvalue weighted by Crippen LogP contribution is 2.11. The maximum absolute atomic E-state index is 5.75. The number of hydrogen-bond acceptors (Lipinski definition) is 2. The maximum Gasteiger partial charge on any atom is 0.119 e. The van der Waals surface area contributed by atoms with E-state index in [9.17, 15) is 0 Å². The molecule has 1 aromatic carbocycles. The summed E-state index contributed by atoms with van der Waals surface area (Å²) in [6.45, 7) is 8.27. The number of aryl methyl sites for hydroxylation is 1. The first-order chi connectivity index (χ1) is 7.76. The Morgan fingerprint density at radius 3 is 2.44 bits per heavy atom. The molecule has 1 atom stereocenters. The van der Waals surface area contributed by atoms with Crippen molar-refractivity contribution in [3.05, 3.63) is 29.8 Å². The molecular formula is C14H23NO. The van der Waals surface area contributed by atoms with Gasteiger partial charge in [-0.2, -0.15) is 0 Å². The average molecular weight is 221 g/mol. The molecule has 0 aliphatic heterocycles. The van der Waals surface area contributed by atoms with E-state index in [1.807, 2.05) is 12.1 Å². The van der Waals surface area contributed by atoms with Crippen LogP contribution in [-0.4, -0.2) is 19.2 Å². The molecule has 16 heavy (non-hydrogen) atoms. The smallest absolute Gasteiger partial charge is 0.119 e. The van der Waals surface area contributed by atoms with Crippen LogP contribution in [0.4, 0.5) is 0 Å². The molecule has 1 aromatic rings. The van der Waals surface area contributed by atoms with E-state index in [-0.39, 0.29) is 0 Å². The molecule has 0 aromatic heterocycles. The quantitative estimate of drug-likeness (QED) is 0.763. The number of ether oxygens (including phenoxy) is 1. The standard InChI is InChI=1S/C14H23NO/c1-4-10-15-13(5-2)11-16-14-8-6-12(3)7-9-14/h6-9,13,15H,4-5,10-11H2,1-3H3. The molecular weight excluding hydrogens is 198 g/mol. The van der Waals surface area contributed by atoms with Gasteiger partial charge in [-0.1, -0.05) is 31.5 Å². The lowest BCUT2D eigenvalue weighted by Gasteiger charge is -2.17. The predicted molar refractivity (Wildman–Crippen MR) is 69.0 cm³/mol. The summed E-state index contributed by atoms with van der Waals surface area (Å²) in [5.74, 6) is 0.961. The fraction of sp³-hybridized carbons (Fsp3) is 0.571. The van der Waals surface area contributed by atoms with Crippen LogP contribution < -0.4 is 10.1 Å². The van der Waals surface area contributed by atoms with Crippen molar-refractivity contribution in [2.75, 3.05) is 13.2 Å². The summed E-state index contributed by atoms with van der Waals surface area (Å²) in [6, 6.07) is 8.68. The fourth-order valence-electron chi connectivity index (χ4n) is 1.50. The maximum atomic E-state index is 5.75. The van der Waals surface area contributed by atoms with Gasteiger partial charge in [-0.15, -0.1) is 0 Å². The van der Waals surface area contributed by atoms with Crippen molar-refractivity contribution in [2.45, 2.75) is 39.7 Å². The molecule has 0 saturated heterocycles. The van der Waals surface area contributed by atoms with Crippen molar-refractivity contribution in [3.8, 4) is 5.75 Å². The van der Waals surface area contributed by atoms with E-state index in [0.29, 0.717) is 6.04 Å². The first-order valence-electron chi connectivity index (χ1n) is 6.19. The second-order valence-corrected chi connectivity index (χ2v) is 4.18. The molecule has 2 heteroatoms. The van der Waals surface area contributed by atoms with Crippen LogP contribution in [0.2, 0.25) is 0 Å². The molecule has 1 N–H and O–H groups in total. The van der Waals surface area contributed by atoms with Crippen LogP contribution in [0, 0.1) is 6.92 Å². The number of rotatable bonds is 7. The zero-order chi connectivity index (χ0) is 11.8. The van der Waals surface area contributed by atoms with E-state index in [4.69, 9.17) is 4.74 Å². The minimum atomic E-state index is 0.459. The van der Waals surface area contributed by atoms with E-state index >= 15 is 0 Å². The van der Waals surface area contributed by atoms with Gasteiger partial charge < -0.3 is 10.1 Å². The molecule has 0 saturated carbocycles. The lowest BCUT2D eigenvalue weighted by molar-refractivity contribution is 0.260. The summed E-state index contributed by atoms with van der Waals surface area (Å²) < 4.78 is 5.75. The Labute approximate surface area is 99.0 Å². The molecule has 1 rings (SSSR count). The number of hydrogen-bond donors (Lipinski definition) is 1. The topological polar surface area (TPSA) is 21.3 Å². The Kier molecular flexibility index (Phi) is 5.94. The van der Waals surface area contributed by atoms with E-state index < -0.39 is 0 Å². The summed E-state index contributed by atoms with van der Waals surface area (Å²) in [5.41, 5.74) is 1.27.